The number of rotatable bonds is 4. The van der Waals surface area contributed by atoms with Crippen LogP contribution in [0.2, 0.25) is 5.02 Å². The number of aromatic nitrogens is 2. The van der Waals surface area contributed by atoms with Crippen LogP contribution in [0.15, 0.2) is 30.6 Å². The predicted octanol–water partition coefficient (Wildman–Crippen LogP) is 4.28. The lowest BCUT2D eigenvalue weighted by atomic mass is 9.96. The molecule has 0 bridgehead atoms. The molecule has 0 spiro atoms. The van der Waals surface area contributed by atoms with Crippen LogP contribution in [0.3, 0.4) is 0 Å². The number of halogens is 1. The van der Waals surface area contributed by atoms with Crippen LogP contribution in [0.4, 0.5) is 5.95 Å². The molecular formula is C16H20ClN3O. The van der Waals surface area contributed by atoms with Crippen molar-refractivity contribution >= 4 is 17.5 Å². The first-order valence-corrected chi connectivity index (χ1v) is 7.79. The van der Waals surface area contributed by atoms with Gasteiger partial charge >= 0.3 is 0 Å². The number of benzene rings is 1. The predicted molar refractivity (Wildman–Crippen MR) is 85.6 cm³/mol. The highest BCUT2D eigenvalue weighted by Gasteiger charge is 2.16. The van der Waals surface area contributed by atoms with Gasteiger partial charge in [0.05, 0.1) is 17.8 Å². The second-order valence-electron chi connectivity index (χ2n) is 5.42. The number of methoxy groups -OCH3 is 1. The zero-order valence-electron chi connectivity index (χ0n) is 12.2. The maximum atomic E-state index is 6.33. The Balaban J connectivity index is 1.87. The Bertz CT molecular complexity index is 605. The molecule has 4 nitrogen and oxygen atoms in total. The largest absolute Gasteiger partial charge is 0.497 e. The molecule has 2 aromatic rings. The molecule has 0 radical (unpaired) electrons. The van der Waals surface area contributed by atoms with Gasteiger partial charge in [-0.25, -0.2) is 4.98 Å². The van der Waals surface area contributed by atoms with Gasteiger partial charge in [-0.05, 0) is 25.0 Å². The highest BCUT2D eigenvalue weighted by molar-refractivity contribution is 6.32. The molecule has 1 saturated carbocycles. The van der Waals surface area contributed by atoms with Crippen molar-refractivity contribution in [3.8, 4) is 11.4 Å². The molecule has 1 aliphatic carbocycles. The van der Waals surface area contributed by atoms with Crippen LogP contribution in [0.5, 0.6) is 5.75 Å². The zero-order chi connectivity index (χ0) is 14.7. The average Bonchev–Trinajstić information content (AvgIpc) is 2.97. The second-order valence-corrected chi connectivity index (χ2v) is 5.82. The van der Waals surface area contributed by atoms with Gasteiger partial charge in [-0.2, -0.15) is 0 Å². The number of nitrogens with one attached hydrogen (secondary N) is 1. The molecule has 1 aromatic heterocycles. The van der Waals surface area contributed by atoms with Crippen molar-refractivity contribution in [2.24, 2.45) is 0 Å². The van der Waals surface area contributed by atoms with Crippen LogP contribution in [0.25, 0.3) is 5.69 Å². The maximum absolute atomic E-state index is 6.33. The van der Waals surface area contributed by atoms with Crippen LogP contribution in [-0.2, 0) is 0 Å². The fourth-order valence-electron chi connectivity index (χ4n) is 2.84. The molecule has 3 rings (SSSR count). The Kier molecular flexibility index (Phi) is 4.34. The Hall–Kier alpha value is -1.68. The average molecular weight is 306 g/mol. The van der Waals surface area contributed by atoms with Gasteiger partial charge in [-0.1, -0.05) is 30.9 Å². The van der Waals surface area contributed by atoms with Crippen molar-refractivity contribution < 1.29 is 4.74 Å². The van der Waals surface area contributed by atoms with E-state index in [-0.39, 0.29) is 0 Å². The van der Waals surface area contributed by atoms with Crippen molar-refractivity contribution in [1.29, 1.82) is 0 Å². The van der Waals surface area contributed by atoms with Gasteiger partial charge in [-0.3, -0.25) is 4.57 Å². The summed E-state index contributed by atoms with van der Waals surface area (Å²) in [5, 5.41) is 4.23. The fourth-order valence-corrected chi connectivity index (χ4v) is 3.05. The van der Waals surface area contributed by atoms with E-state index in [1.165, 1.54) is 32.1 Å². The minimum absolute atomic E-state index is 0.504. The van der Waals surface area contributed by atoms with Crippen molar-refractivity contribution in [3.05, 3.63) is 35.6 Å². The van der Waals surface area contributed by atoms with Gasteiger partial charge in [0.15, 0.2) is 0 Å². The van der Waals surface area contributed by atoms with Crippen molar-refractivity contribution in [2.75, 3.05) is 12.4 Å². The summed E-state index contributed by atoms with van der Waals surface area (Å²) in [7, 11) is 1.65. The molecule has 0 saturated heterocycles. The van der Waals surface area contributed by atoms with E-state index in [4.69, 9.17) is 16.3 Å². The summed E-state index contributed by atoms with van der Waals surface area (Å²) in [5.41, 5.74) is 0.881. The quantitative estimate of drug-likeness (QED) is 0.916. The van der Waals surface area contributed by atoms with E-state index in [0.29, 0.717) is 11.1 Å². The van der Waals surface area contributed by atoms with Crippen molar-refractivity contribution in [1.82, 2.24) is 9.55 Å². The summed E-state index contributed by atoms with van der Waals surface area (Å²) in [5.74, 6) is 1.63. The molecule has 1 N–H and O–H groups in total. The third kappa shape index (κ3) is 3.16. The number of hydrogen-bond acceptors (Lipinski definition) is 3. The first-order chi connectivity index (χ1) is 10.3. The Morgan fingerprint density at radius 1 is 1.29 bits per heavy atom. The van der Waals surface area contributed by atoms with E-state index in [1.807, 2.05) is 29.0 Å². The lowest BCUT2D eigenvalue weighted by Gasteiger charge is -2.24. The van der Waals surface area contributed by atoms with E-state index < -0.39 is 0 Å². The Morgan fingerprint density at radius 3 is 2.86 bits per heavy atom. The summed E-state index contributed by atoms with van der Waals surface area (Å²) >= 11 is 6.33. The van der Waals surface area contributed by atoms with E-state index in [2.05, 4.69) is 10.3 Å². The normalized spacial score (nSPS) is 15.9. The molecular weight excluding hydrogens is 286 g/mol. The monoisotopic (exact) mass is 305 g/mol. The van der Waals surface area contributed by atoms with Gasteiger partial charge < -0.3 is 10.1 Å². The molecule has 0 aliphatic heterocycles. The Morgan fingerprint density at radius 2 is 2.10 bits per heavy atom. The number of imidazole rings is 1. The first kappa shape index (κ1) is 14.3. The number of anilines is 1. The fraction of sp³-hybridized carbons (Fsp3) is 0.438. The van der Waals surface area contributed by atoms with Crippen LogP contribution in [0, 0.1) is 0 Å². The summed E-state index contributed by atoms with van der Waals surface area (Å²) in [4.78, 5) is 4.44. The van der Waals surface area contributed by atoms with Crippen molar-refractivity contribution in [2.45, 2.75) is 38.1 Å². The minimum atomic E-state index is 0.504. The molecule has 1 heterocycles. The molecule has 0 atom stereocenters. The van der Waals surface area contributed by atoms with Gasteiger partial charge in [0.1, 0.15) is 5.75 Å². The smallest absolute Gasteiger partial charge is 0.207 e. The summed E-state index contributed by atoms with van der Waals surface area (Å²) in [6, 6.07) is 6.14. The highest BCUT2D eigenvalue weighted by atomic mass is 35.5. The Labute approximate surface area is 130 Å². The second kappa shape index (κ2) is 6.39. The van der Waals surface area contributed by atoms with E-state index in [0.717, 1.165) is 17.4 Å². The van der Waals surface area contributed by atoms with Gasteiger partial charge in [0.25, 0.3) is 0 Å². The molecule has 0 amide bonds. The SMILES string of the molecule is COc1ccc(Cl)c(-n2ccnc2NC2CCCCC2)c1. The molecule has 1 aromatic carbocycles. The number of hydrogen-bond donors (Lipinski definition) is 1. The highest BCUT2D eigenvalue weighted by Crippen LogP contribution is 2.29. The summed E-state index contributed by atoms with van der Waals surface area (Å²) in [6.45, 7) is 0. The van der Waals surface area contributed by atoms with Gasteiger partial charge in [-0.15, -0.1) is 0 Å². The first-order valence-electron chi connectivity index (χ1n) is 7.42. The lowest BCUT2D eigenvalue weighted by molar-refractivity contribution is 0.414. The molecule has 1 fully saturated rings. The van der Waals surface area contributed by atoms with E-state index in [9.17, 15) is 0 Å². The maximum Gasteiger partial charge on any atom is 0.207 e. The minimum Gasteiger partial charge on any atom is -0.497 e. The molecule has 21 heavy (non-hydrogen) atoms. The van der Waals surface area contributed by atoms with Gasteiger partial charge in [0.2, 0.25) is 5.95 Å². The summed E-state index contributed by atoms with van der Waals surface area (Å²) < 4.78 is 7.27. The topological polar surface area (TPSA) is 39.1 Å². The number of nitrogens with zero attached hydrogens (tertiary/aromatic N) is 2. The third-order valence-electron chi connectivity index (χ3n) is 3.99. The third-order valence-corrected chi connectivity index (χ3v) is 4.31. The summed E-state index contributed by atoms with van der Waals surface area (Å²) in [6.07, 6.45) is 10.1. The van der Waals surface area contributed by atoms with Crippen LogP contribution < -0.4 is 10.1 Å². The van der Waals surface area contributed by atoms with Crippen LogP contribution in [0.1, 0.15) is 32.1 Å². The molecule has 112 valence electrons. The number of ether oxygens (including phenoxy) is 1. The van der Waals surface area contributed by atoms with Crippen molar-refractivity contribution in [3.63, 3.8) is 0 Å². The molecule has 1 aliphatic rings. The molecule has 0 unspecified atom stereocenters. The van der Waals surface area contributed by atoms with E-state index >= 15 is 0 Å². The standard InChI is InChI=1S/C16H20ClN3O/c1-21-13-7-8-14(17)15(11-13)20-10-9-18-16(20)19-12-5-3-2-4-6-12/h7-12H,2-6H2,1H3,(H,18,19). The zero-order valence-corrected chi connectivity index (χ0v) is 12.9. The van der Waals surface area contributed by atoms with Crippen LogP contribution >= 0.6 is 11.6 Å². The van der Waals surface area contributed by atoms with Crippen LogP contribution in [-0.4, -0.2) is 22.7 Å². The van der Waals surface area contributed by atoms with E-state index in [1.54, 1.807) is 13.3 Å². The molecule has 5 heteroatoms. The van der Waals surface area contributed by atoms with Gasteiger partial charge in [0, 0.05) is 24.5 Å². The lowest BCUT2D eigenvalue weighted by Crippen LogP contribution is -2.24.